The van der Waals surface area contributed by atoms with Crippen molar-refractivity contribution >= 4 is 33.8 Å². The largest absolute Gasteiger partial charge is 0.332 e. The van der Waals surface area contributed by atoms with Crippen LogP contribution in [0.2, 0.25) is 0 Å². The lowest BCUT2D eigenvalue weighted by atomic mass is 10.0. The van der Waals surface area contributed by atoms with Gasteiger partial charge in [0.05, 0.1) is 17.1 Å². The zero-order chi connectivity index (χ0) is 22.3. The van der Waals surface area contributed by atoms with Crippen LogP contribution in [0.25, 0.3) is 11.3 Å². The third-order valence-corrected chi connectivity index (χ3v) is 5.60. The summed E-state index contributed by atoms with van der Waals surface area (Å²) in [7, 11) is 0. The molecule has 160 valence electrons. The average Bonchev–Trinajstić information content (AvgIpc) is 3.28. The maximum absolute atomic E-state index is 12.9. The van der Waals surface area contributed by atoms with E-state index in [9.17, 15) is 4.79 Å². The molecule has 1 aliphatic rings. The number of para-hydroxylation sites is 1. The van der Waals surface area contributed by atoms with E-state index in [2.05, 4.69) is 15.6 Å². The number of nitrogens with zero attached hydrogens (tertiary/aromatic N) is 2. The Morgan fingerprint density at radius 1 is 0.844 bits per heavy atom. The first kappa shape index (κ1) is 21.5. The summed E-state index contributed by atoms with van der Waals surface area (Å²) in [5.41, 5.74) is 5.27. The molecule has 5 rings (SSSR count). The van der Waals surface area contributed by atoms with Gasteiger partial charge in [0.2, 0.25) is 6.17 Å². The van der Waals surface area contributed by atoms with Gasteiger partial charge in [-0.25, -0.2) is 9.98 Å². The fourth-order valence-electron chi connectivity index (χ4n) is 3.38. The van der Waals surface area contributed by atoms with Gasteiger partial charge in [0.1, 0.15) is 0 Å². The Kier molecular flexibility index (Phi) is 6.72. The van der Waals surface area contributed by atoms with Crippen molar-refractivity contribution in [3.8, 4) is 11.3 Å². The molecule has 6 heteroatoms. The smallest absolute Gasteiger partial charge is 0.269 e. The number of carbonyl (C=O) groups is 1. The van der Waals surface area contributed by atoms with Crippen molar-refractivity contribution < 1.29 is 4.79 Å². The predicted molar refractivity (Wildman–Crippen MR) is 133 cm³/mol. The molecular formula is C26H24N4OS. The summed E-state index contributed by atoms with van der Waals surface area (Å²) in [4.78, 5) is 22.4. The van der Waals surface area contributed by atoms with Crippen LogP contribution in [0.1, 0.15) is 25.0 Å². The van der Waals surface area contributed by atoms with Crippen molar-refractivity contribution in [1.29, 1.82) is 0 Å². The number of benzodiazepines with no additional fused rings is 1. The van der Waals surface area contributed by atoms with Gasteiger partial charge in [0.15, 0.2) is 5.13 Å². The molecule has 1 amide bonds. The summed E-state index contributed by atoms with van der Waals surface area (Å²) in [6.07, 6.45) is -0.789. The van der Waals surface area contributed by atoms with Crippen LogP contribution < -0.4 is 10.6 Å². The predicted octanol–water partition coefficient (Wildman–Crippen LogP) is 6.06. The van der Waals surface area contributed by atoms with Gasteiger partial charge in [-0.2, -0.15) is 0 Å². The first-order valence-corrected chi connectivity index (χ1v) is 11.5. The molecule has 0 aliphatic carbocycles. The molecule has 0 fully saturated rings. The first-order valence-electron chi connectivity index (χ1n) is 10.6. The Hall–Kier alpha value is -3.77. The molecule has 0 bridgehead atoms. The highest BCUT2D eigenvalue weighted by atomic mass is 32.1. The third kappa shape index (κ3) is 4.60. The Labute approximate surface area is 191 Å². The number of carbonyl (C=O) groups excluding carboxylic acids is 1. The zero-order valence-corrected chi connectivity index (χ0v) is 18.8. The molecule has 3 aromatic carbocycles. The Balaban J connectivity index is 0.00000119. The fourth-order valence-corrected chi connectivity index (χ4v) is 4.12. The third-order valence-electron chi connectivity index (χ3n) is 4.83. The van der Waals surface area contributed by atoms with Gasteiger partial charge >= 0.3 is 0 Å². The zero-order valence-electron chi connectivity index (χ0n) is 17.9. The first-order chi connectivity index (χ1) is 15.8. The second kappa shape index (κ2) is 10.0. The molecule has 32 heavy (non-hydrogen) atoms. The minimum atomic E-state index is -0.789. The summed E-state index contributed by atoms with van der Waals surface area (Å²) in [5, 5.41) is 8.82. The number of fused-ring (bicyclic) bond motifs is 1. The number of aliphatic imine (C=N–C) groups is 1. The maximum Gasteiger partial charge on any atom is 0.269 e. The second-order valence-corrected chi connectivity index (χ2v) is 7.69. The average molecular weight is 441 g/mol. The van der Waals surface area contributed by atoms with Gasteiger partial charge in [-0.1, -0.05) is 92.7 Å². The lowest BCUT2D eigenvalue weighted by Gasteiger charge is -2.12. The molecule has 2 heterocycles. The van der Waals surface area contributed by atoms with Crippen LogP contribution in [0.3, 0.4) is 0 Å². The van der Waals surface area contributed by atoms with E-state index in [0.717, 1.165) is 33.8 Å². The summed E-state index contributed by atoms with van der Waals surface area (Å²) >= 11 is 1.46. The van der Waals surface area contributed by atoms with E-state index in [1.807, 2.05) is 104 Å². The molecule has 0 saturated heterocycles. The standard InChI is InChI=1S/C24H18N4OS.C2H6/c29-23-22(28-24-26-20(15-30-24)16-9-3-1-4-10-16)27-21(17-11-5-2-6-12-17)18-13-7-8-14-19(18)25-23;1-2/h1-15,22H,(H,25,29)(H,26,28);1-2H3. The molecule has 4 aromatic rings. The Bertz CT molecular complexity index is 1220. The van der Waals surface area contributed by atoms with Gasteiger partial charge in [0.25, 0.3) is 5.91 Å². The van der Waals surface area contributed by atoms with Crippen molar-refractivity contribution in [3.05, 3.63) is 101 Å². The minimum Gasteiger partial charge on any atom is -0.332 e. The molecule has 0 saturated carbocycles. The molecule has 5 nitrogen and oxygen atoms in total. The van der Waals surface area contributed by atoms with Gasteiger partial charge in [-0.3, -0.25) is 4.79 Å². The quantitative estimate of drug-likeness (QED) is 0.405. The van der Waals surface area contributed by atoms with E-state index in [-0.39, 0.29) is 5.91 Å². The normalized spacial score (nSPS) is 14.8. The van der Waals surface area contributed by atoms with E-state index < -0.39 is 6.17 Å². The Morgan fingerprint density at radius 2 is 1.47 bits per heavy atom. The lowest BCUT2D eigenvalue weighted by Crippen LogP contribution is -2.32. The van der Waals surface area contributed by atoms with Crippen molar-refractivity contribution in [3.63, 3.8) is 0 Å². The van der Waals surface area contributed by atoms with E-state index >= 15 is 0 Å². The van der Waals surface area contributed by atoms with Crippen LogP contribution >= 0.6 is 11.3 Å². The number of thiazole rings is 1. The van der Waals surface area contributed by atoms with Crippen LogP contribution in [0.15, 0.2) is 95.3 Å². The van der Waals surface area contributed by atoms with Crippen molar-refractivity contribution in [2.24, 2.45) is 4.99 Å². The summed E-state index contributed by atoms with van der Waals surface area (Å²) in [6, 6.07) is 27.6. The molecule has 0 spiro atoms. The monoisotopic (exact) mass is 440 g/mol. The molecule has 1 unspecified atom stereocenters. The van der Waals surface area contributed by atoms with Crippen LogP contribution in [0.5, 0.6) is 0 Å². The second-order valence-electron chi connectivity index (χ2n) is 6.83. The number of amides is 1. The number of rotatable bonds is 4. The van der Waals surface area contributed by atoms with Crippen LogP contribution in [-0.4, -0.2) is 22.8 Å². The maximum atomic E-state index is 12.9. The summed E-state index contributed by atoms with van der Waals surface area (Å²) in [6.45, 7) is 4.00. The van der Waals surface area contributed by atoms with Crippen molar-refractivity contribution in [2.75, 3.05) is 10.6 Å². The lowest BCUT2D eigenvalue weighted by molar-refractivity contribution is -0.116. The summed E-state index contributed by atoms with van der Waals surface area (Å²) in [5.74, 6) is -0.218. The van der Waals surface area contributed by atoms with Gasteiger partial charge in [0, 0.05) is 22.1 Å². The molecular weight excluding hydrogens is 416 g/mol. The summed E-state index contributed by atoms with van der Waals surface area (Å²) < 4.78 is 0. The highest BCUT2D eigenvalue weighted by Crippen LogP contribution is 2.28. The molecule has 0 radical (unpaired) electrons. The number of hydrogen-bond acceptors (Lipinski definition) is 5. The SMILES string of the molecule is CC.O=C1Nc2ccccc2C(c2ccccc2)=NC1Nc1nc(-c2ccccc2)cs1. The van der Waals surface area contributed by atoms with Crippen LogP contribution in [0.4, 0.5) is 10.8 Å². The Morgan fingerprint density at radius 3 is 2.19 bits per heavy atom. The van der Waals surface area contributed by atoms with Crippen molar-refractivity contribution in [2.45, 2.75) is 20.0 Å². The highest BCUT2D eigenvalue weighted by Gasteiger charge is 2.26. The van der Waals surface area contributed by atoms with E-state index in [0.29, 0.717) is 5.13 Å². The topological polar surface area (TPSA) is 66.4 Å². The number of benzene rings is 3. The van der Waals surface area contributed by atoms with Gasteiger partial charge in [-0.05, 0) is 6.07 Å². The number of hydrogen-bond donors (Lipinski definition) is 2. The van der Waals surface area contributed by atoms with Crippen molar-refractivity contribution in [1.82, 2.24) is 4.98 Å². The van der Waals surface area contributed by atoms with E-state index in [4.69, 9.17) is 4.99 Å². The minimum absolute atomic E-state index is 0.218. The molecule has 1 aromatic heterocycles. The van der Waals surface area contributed by atoms with Gasteiger partial charge < -0.3 is 10.6 Å². The van der Waals surface area contributed by atoms with E-state index in [1.54, 1.807) is 0 Å². The van der Waals surface area contributed by atoms with Gasteiger partial charge in [-0.15, -0.1) is 11.3 Å². The number of anilines is 2. The van der Waals surface area contributed by atoms with E-state index in [1.165, 1.54) is 11.3 Å². The molecule has 1 atom stereocenters. The van der Waals surface area contributed by atoms with Crippen LogP contribution in [0, 0.1) is 0 Å². The fraction of sp³-hybridized carbons (Fsp3) is 0.115. The van der Waals surface area contributed by atoms with Crippen LogP contribution in [-0.2, 0) is 4.79 Å². The highest BCUT2D eigenvalue weighted by molar-refractivity contribution is 7.14. The molecule has 1 aliphatic heterocycles. The number of aromatic nitrogens is 1. The number of nitrogens with one attached hydrogen (secondary N) is 2. The molecule has 2 N–H and O–H groups in total.